The molecule has 0 aliphatic heterocycles. The van der Waals surface area contributed by atoms with E-state index in [1.54, 1.807) is 0 Å². The second kappa shape index (κ2) is 3.96. The summed E-state index contributed by atoms with van der Waals surface area (Å²) in [7, 11) is 0. The number of rotatable bonds is 3. The summed E-state index contributed by atoms with van der Waals surface area (Å²) in [5, 5.41) is 4.10. The molecule has 0 aliphatic rings. The van der Waals surface area contributed by atoms with Gasteiger partial charge >= 0.3 is 0 Å². The number of aromatic nitrogens is 2. The summed E-state index contributed by atoms with van der Waals surface area (Å²) < 4.78 is 1.85. The molecule has 0 spiro atoms. The molecule has 63 valence electrons. The smallest absolute Gasteiger partial charge is 0.116 e. The molecule has 0 N–H and O–H groups in total. The van der Waals surface area contributed by atoms with Gasteiger partial charge in [-0.3, -0.25) is 4.68 Å². The molecule has 2 nitrogen and oxygen atoms in total. The average Bonchev–Trinajstić information content (AvgIpc) is 2.47. The van der Waals surface area contributed by atoms with Crippen molar-refractivity contribution in [3.63, 3.8) is 0 Å². The number of hydrogen-bond acceptors (Lipinski definition) is 1. The second-order valence-corrected chi connectivity index (χ2v) is 2.61. The summed E-state index contributed by atoms with van der Waals surface area (Å²) in [4.78, 5) is 0. The quantitative estimate of drug-likeness (QED) is 0.613. The maximum atomic E-state index is 5.21. The van der Waals surface area contributed by atoms with Crippen molar-refractivity contribution >= 4 is 0 Å². The topological polar surface area (TPSA) is 17.8 Å². The molecule has 0 bridgehead atoms. The predicted octanol–water partition coefficient (Wildman–Crippen LogP) is 1.44. The minimum atomic E-state index is 0.555. The van der Waals surface area contributed by atoms with Crippen LogP contribution in [0.3, 0.4) is 0 Å². The second-order valence-electron chi connectivity index (χ2n) is 2.61. The third-order valence-electron chi connectivity index (χ3n) is 1.90. The van der Waals surface area contributed by atoms with E-state index in [0.29, 0.717) is 6.54 Å². The number of terminal acetylenes is 1. The Morgan fingerprint density at radius 2 is 2.25 bits per heavy atom. The van der Waals surface area contributed by atoms with Crippen LogP contribution in [0.4, 0.5) is 0 Å². The van der Waals surface area contributed by atoms with Gasteiger partial charge in [-0.25, -0.2) is 0 Å². The molecule has 0 aliphatic carbocycles. The molecule has 1 heterocycles. The van der Waals surface area contributed by atoms with Crippen LogP contribution in [-0.4, -0.2) is 9.78 Å². The fourth-order valence-corrected chi connectivity index (χ4v) is 1.30. The lowest BCUT2D eigenvalue weighted by Gasteiger charge is -2.02. The van der Waals surface area contributed by atoms with Crippen LogP contribution in [0, 0.1) is 18.5 Å². The van der Waals surface area contributed by atoms with E-state index in [1.807, 2.05) is 4.68 Å². The fraction of sp³-hybridized carbons (Fsp3) is 0.500. The molecule has 1 aromatic rings. The molecule has 0 amide bonds. The molecule has 0 fully saturated rings. The van der Waals surface area contributed by atoms with Crippen LogP contribution in [0.25, 0.3) is 0 Å². The van der Waals surface area contributed by atoms with Gasteiger partial charge in [0.2, 0.25) is 0 Å². The predicted molar refractivity (Wildman–Crippen MR) is 48.7 cm³/mol. The zero-order valence-corrected chi connectivity index (χ0v) is 7.59. The number of hydrogen-bond donors (Lipinski definition) is 0. The van der Waals surface area contributed by atoms with Crippen molar-refractivity contribution in [2.24, 2.45) is 0 Å². The first-order chi connectivity index (χ1) is 5.83. The first kappa shape index (κ1) is 8.86. The summed E-state index contributed by atoms with van der Waals surface area (Å²) >= 11 is 0. The molecule has 0 saturated carbocycles. The third-order valence-corrected chi connectivity index (χ3v) is 1.90. The van der Waals surface area contributed by atoms with Gasteiger partial charge in [0, 0.05) is 11.3 Å². The monoisotopic (exact) mass is 161 g/mol. The highest BCUT2D eigenvalue weighted by Crippen LogP contribution is 2.08. The van der Waals surface area contributed by atoms with Crippen LogP contribution in [-0.2, 0) is 19.4 Å². The summed E-state index contributed by atoms with van der Waals surface area (Å²) in [5.41, 5.74) is 2.41. The zero-order valence-electron chi connectivity index (χ0n) is 7.59. The van der Waals surface area contributed by atoms with Crippen LogP contribution in [0.15, 0.2) is 0 Å². The molecule has 1 radical (unpaired) electrons. The van der Waals surface area contributed by atoms with Gasteiger partial charge in [0.25, 0.3) is 0 Å². The minimum absolute atomic E-state index is 0.555. The standard InChI is InChI=1S/C10H13N2/c1-4-7-12-10(6-3)9(5-2)8-11-12/h1H,5-7H2,2-3H3. The summed E-state index contributed by atoms with van der Waals surface area (Å²) in [5.74, 6) is 2.58. The highest BCUT2D eigenvalue weighted by atomic mass is 15.3. The molecule has 0 aromatic carbocycles. The fourth-order valence-electron chi connectivity index (χ4n) is 1.30. The minimum Gasteiger partial charge on any atom is -0.257 e. The summed E-state index contributed by atoms with van der Waals surface area (Å²) in [6.07, 6.45) is 10.1. The number of nitrogens with zero attached hydrogens (tertiary/aromatic N) is 2. The van der Waals surface area contributed by atoms with Gasteiger partial charge in [0.15, 0.2) is 0 Å². The van der Waals surface area contributed by atoms with Gasteiger partial charge in [0.1, 0.15) is 12.7 Å². The van der Waals surface area contributed by atoms with Crippen LogP contribution >= 0.6 is 0 Å². The first-order valence-electron chi connectivity index (χ1n) is 4.23. The van der Waals surface area contributed by atoms with E-state index >= 15 is 0 Å². The SMILES string of the molecule is C#CCn1n[c]c(CC)c1CC. The van der Waals surface area contributed by atoms with Crippen molar-refractivity contribution in [2.45, 2.75) is 33.2 Å². The lowest BCUT2D eigenvalue weighted by molar-refractivity contribution is 0.670. The molecular formula is C10H13N2. The molecule has 0 unspecified atom stereocenters. The van der Waals surface area contributed by atoms with Crippen LogP contribution < -0.4 is 0 Å². The molecule has 1 aromatic heterocycles. The Bertz CT molecular complexity index is 291. The van der Waals surface area contributed by atoms with Crippen molar-refractivity contribution in [2.75, 3.05) is 0 Å². The van der Waals surface area contributed by atoms with Crippen molar-refractivity contribution in [1.29, 1.82) is 0 Å². The van der Waals surface area contributed by atoms with Gasteiger partial charge < -0.3 is 0 Å². The van der Waals surface area contributed by atoms with Crippen molar-refractivity contribution in [3.05, 3.63) is 17.5 Å². The largest absolute Gasteiger partial charge is 0.257 e. The molecule has 12 heavy (non-hydrogen) atoms. The molecule has 2 heteroatoms. The Morgan fingerprint density at radius 3 is 2.75 bits per heavy atom. The normalized spacial score (nSPS) is 9.75. The molecular weight excluding hydrogens is 148 g/mol. The van der Waals surface area contributed by atoms with E-state index in [4.69, 9.17) is 6.42 Å². The van der Waals surface area contributed by atoms with E-state index in [1.165, 1.54) is 11.3 Å². The summed E-state index contributed by atoms with van der Waals surface area (Å²) in [6.45, 7) is 4.77. The van der Waals surface area contributed by atoms with Gasteiger partial charge in [-0.05, 0) is 12.8 Å². The highest BCUT2D eigenvalue weighted by molar-refractivity contribution is 5.17. The molecule has 1 rings (SSSR count). The van der Waals surface area contributed by atoms with Crippen molar-refractivity contribution < 1.29 is 0 Å². The maximum Gasteiger partial charge on any atom is 0.116 e. The van der Waals surface area contributed by atoms with Gasteiger partial charge in [-0.15, -0.1) is 6.42 Å². The van der Waals surface area contributed by atoms with Crippen molar-refractivity contribution in [1.82, 2.24) is 9.78 Å². The van der Waals surface area contributed by atoms with E-state index in [0.717, 1.165) is 12.8 Å². The van der Waals surface area contributed by atoms with E-state index in [9.17, 15) is 0 Å². The van der Waals surface area contributed by atoms with Gasteiger partial charge in [-0.2, -0.15) is 5.10 Å². The maximum absolute atomic E-state index is 5.21. The Balaban J connectivity index is 2.98. The average molecular weight is 161 g/mol. The van der Waals surface area contributed by atoms with E-state index in [2.05, 4.69) is 31.1 Å². The molecule has 0 saturated heterocycles. The van der Waals surface area contributed by atoms with E-state index in [-0.39, 0.29) is 0 Å². The zero-order chi connectivity index (χ0) is 8.97. The number of aryl methyl sites for hydroxylation is 1. The molecule has 0 atom stereocenters. The summed E-state index contributed by atoms with van der Waals surface area (Å²) in [6, 6.07) is 0. The Morgan fingerprint density at radius 1 is 1.50 bits per heavy atom. The Labute approximate surface area is 73.6 Å². The first-order valence-corrected chi connectivity index (χ1v) is 4.23. The highest BCUT2D eigenvalue weighted by Gasteiger charge is 2.05. The lowest BCUT2D eigenvalue weighted by atomic mass is 10.1. The van der Waals surface area contributed by atoms with E-state index < -0.39 is 0 Å². The van der Waals surface area contributed by atoms with Crippen LogP contribution in [0.5, 0.6) is 0 Å². The van der Waals surface area contributed by atoms with Crippen LogP contribution in [0.1, 0.15) is 25.1 Å². The van der Waals surface area contributed by atoms with Gasteiger partial charge in [0.05, 0.1) is 0 Å². The van der Waals surface area contributed by atoms with Gasteiger partial charge in [-0.1, -0.05) is 19.8 Å². The third kappa shape index (κ3) is 1.50. The van der Waals surface area contributed by atoms with Crippen molar-refractivity contribution in [3.8, 4) is 12.3 Å². The lowest BCUT2D eigenvalue weighted by Crippen LogP contribution is -2.03. The Kier molecular flexibility index (Phi) is 2.93. The Hall–Kier alpha value is -1.23. The van der Waals surface area contributed by atoms with Crippen LogP contribution in [0.2, 0.25) is 0 Å².